The first-order chi connectivity index (χ1) is 13.4. The maximum Gasteiger partial charge on any atom is 0.257 e. The number of methoxy groups -OCH3 is 2. The third kappa shape index (κ3) is 4.18. The van der Waals surface area contributed by atoms with E-state index in [1.54, 1.807) is 46.2 Å². The smallest absolute Gasteiger partial charge is 0.257 e. The zero-order valence-corrected chi connectivity index (χ0v) is 17.1. The van der Waals surface area contributed by atoms with Crippen LogP contribution in [0.4, 0.5) is 0 Å². The largest absolute Gasteiger partial charge is 0.496 e. The molecule has 1 aliphatic heterocycles. The van der Waals surface area contributed by atoms with Crippen LogP contribution in [0.3, 0.4) is 0 Å². The summed E-state index contributed by atoms with van der Waals surface area (Å²) in [6.45, 7) is 1.62. The summed E-state index contributed by atoms with van der Waals surface area (Å²) >= 11 is 12.1. The van der Waals surface area contributed by atoms with Crippen molar-refractivity contribution in [1.82, 2.24) is 9.80 Å². The summed E-state index contributed by atoms with van der Waals surface area (Å²) in [5, 5.41) is 0.928. The number of piperazine rings is 1. The van der Waals surface area contributed by atoms with Crippen LogP contribution in [0.15, 0.2) is 36.4 Å². The number of ether oxygens (including phenoxy) is 2. The normalized spacial score (nSPS) is 14.0. The Morgan fingerprint density at radius 3 is 1.43 bits per heavy atom. The summed E-state index contributed by atoms with van der Waals surface area (Å²) in [7, 11) is 3.02. The Labute approximate surface area is 173 Å². The monoisotopic (exact) mass is 422 g/mol. The zero-order chi connectivity index (χ0) is 20.3. The number of benzene rings is 2. The molecule has 28 heavy (non-hydrogen) atoms. The van der Waals surface area contributed by atoms with E-state index in [2.05, 4.69) is 0 Å². The van der Waals surface area contributed by atoms with Crippen molar-refractivity contribution in [2.45, 2.75) is 0 Å². The molecule has 148 valence electrons. The minimum absolute atomic E-state index is 0.174. The van der Waals surface area contributed by atoms with Crippen LogP contribution in [-0.4, -0.2) is 62.0 Å². The molecule has 0 saturated carbocycles. The number of hydrogen-bond donors (Lipinski definition) is 0. The number of carbonyl (C=O) groups is 2. The van der Waals surface area contributed by atoms with E-state index in [-0.39, 0.29) is 11.8 Å². The standard InChI is InChI=1S/C20H20Cl2N2O4/c1-27-17-5-3-13(21)11-15(17)19(25)23-7-9-24(10-8-23)20(26)16-12-14(22)4-6-18(16)28-2/h3-6,11-12H,7-10H2,1-2H3. The number of amides is 2. The third-order valence-electron chi connectivity index (χ3n) is 4.64. The molecule has 0 spiro atoms. The van der Waals surface area contributed by atoms with Gasteiger partial charge in [0.1, 0.15) is 11.5 Å². The van der Waals surface area contributed by atoms with Crippen molar-refractivity contribution in [3.8, 4) is 11.5 Å². The molecule has 2 aromatic carbocycles. The second-order valence-corrected chi connectivity index (χ2v) is 7.15. The van der Waals surface area contributed by atoms with Crippen molar-refractivity contribution in [3.63, 3.8) is 0 Å². The van der Waals surface area contributed by atoms with E-state index < -0.39 is 0 Å². The third-order valence-corrected chi connectivity index (χ3v) is 5.11. The van der Waals surface area contributed by atoms with Crippen molar-refractivity contribution in [2.24, 2.45) is 0 Å². The van der Waals surface area contributed by atoms with Crippen LogP contribution in [-0.2, 0) is 0 Å². The second-order valence-electron chi connectivity index (χ2n) is 6.27. The Morgan fingerprint density at radius 2 is 1.11 bits per heavy atom. The van der Waals surface area contributed by atoms with E-state index in [9.17, 15) is 9.59 Å². The highest BCUT2D eigenvalue weighted by molar-refractivity contribution is 6.31. The van der Waals surface area contributed by atoms with Gasteiger partial charge >= 0.3 is 0 Å². The van der Waals surface area contributed by atoms with E-state index in [0.29, 0.717) is 58.9 Å². The molecule has 2 amide bonds. The highest BCUT2D eigenvalue weighted by Crippen LogP contribution is 2.26. The quantitative estimate of drug-likeness (QED) is 0.754. The lowest BCUT2D eigenvalue weighted by atomic mass is 10.1. The van der Waals surface area contributed by atoms with Gasteiger partial charge in [-0.3, -0.25) is 9.59 Å². The van der Waals surface area contributed by atoms with Gasteiger partial charge in [-0.1, -0.05) is 23.2 Å². The molecule has 1 heterocycles. The van der Waals surface area contributed by atoms with E-state index >= 15 is 0 Å². The fourth-order valence-electron chi connectivity index (χ4n) is 3.15. The number of rotatable bonds is 4. The van der Waals surface area contributed by atoms with Crippen LogP contribution < -0.4 is 9.47 Å². The Hall–Kier alpha value is -2.44. The number of halogens is 2. The number of carbonyl (C=O) groups excluding carboxylic acids is 2. The Balaban J connectivity index is 1.71. The SMILES string of the molecule is COc1ccc(Cl)cc1C(=O)N1CCN(C(=O)c2cc(Cl)ccc2OC)CC1. The summed E-state index contributed by atoms with van der Waals surface area (Å²) in [6, 6.07) is 9.87. The first kappa shape index (κ1) is 20.3. The molecule has 3 rings (SSSR count). The lowest BCUT2D eigenvalue weighted by Gasteiger charge is -2.35. The topological polar surface area (TPSA) is 59.1 Å². The summed E-state index contributed by atoms with van der Waals surface area (Å²) in [4.78, 5) is 29.1. The van der Waals surface area contributed by atoms with Crippen molar-refractivity contribution in [2.75, 3.05) is 40.4 Å². The fraction of sp³-hybridized carbons (Fsp3) is 0.300. The van der Waals surface area contributed by atoms with Crippen molar-refractivity contribution in [3.05, 3.63) is 57.6 Å². The minimum Gasteiger partial charge on any atom is -0.496 e. The molecule has 0 aromatic heterocycles. The molecule has 0 atom stereocenters. The van der Waals surface area contributed by atoms with Crippen LogP contribution in [0.2, 0.25) is 10.0 Å². The molecular weight excluding hydrogens is 403 g/mol. The average molecular weight is 423 g/mol. The van der Waals surface area contributed by atoms with Gasteiger partial charge < -0.3 is 19.3 Å². The summed E-state index contributed by atoms with van der Waals surface area (Å²) in [5.41, 5.74) is 0.817. The molecule has 1 saturated heterocycles. The lowest BCUT2D eigenvalue weighted by molar-refractivity contribution is 0.0532. The van der Waals surface area contributed by atoms with Crippen LogP contribution in [0, 0.1) is 0 Å². The van der Waals surface area contributed by atoms with Gasteiger partial charge in [0, 0.05) is 36.2 Å². The second kappa shape index (κ2) is 8.71. The van der Waals surface area contributed by atoms with Gasteiger partial charge in [0.15, 0.2) is 0 Å². The fourth-order valence-corrected chi connectivity index (χ4v) is 3.49. The Morgan fingerprint density at radius 1 is 0.750 bits per heavy atom. The molecule has 1 fully saturated rings. The molecule has 6 nitrogen and oxygen atoms in total. The van der Waals surface area contributed by atoms with Crippen molar-refractivity contribution in [1.29, 1.82) is 0 Å². The molecular formula is C20H20Cl2N2O4. The lowest BCUT2D eigenvalue weighted by Crippen LogP contribution is -2.50. The van der Waals surface area contributed by atoms with Crippen LogP contribution in [0.5, 0.6) is 11.5 Å². The minimum atomic E-state index is -0.174. The van der Waals surface area contributed by atoms with Gasteiger partial charge in [-0.2, -0.15) is 0 Å². The molecule has 0 N–H and O–H groups in total. The predicted octanol–water partition coefficient (Wildman–Crippen LogP) is 3.61. The first-order valence-electron chi connectivity index (χ1n) is 8.70. The van der Waals surface area contributed by atoms with E-state index in [0.717, 1.165) is 0 Å². The first-order valence-corrected chi connectivity index (χ1v) is 9.46. The van der Waals surface area contributed by atoms with Gasteiger partial charge in [0.2, 0.25) is 0 Å². The van der Waals surface area contributed by atoms with Gasteiger partial charge in [0.25, 0.3) is 11.8 Å². The van der Waals surface area contributed by atoms with Crippen molar-refractivity contribution < 1.29 is 19.1 Å². The van der Waals surface area contributed by atoms with E-state index in [1.807, 2.05) is 0 Å². The summed E-state index contributed by atoms with van der Waals surface area (Å²) < 4.78 is 10.5. The van der Waals surface area contributed by atoms with E-state index in [1.165, 1.54) is 14.2 Å². The Kier molecular flexibility index (Phi) is 6.31. The zero-order valence-electron chi connectivity index (χ0n) is 15.6. The van der Waals surface area contributed by atoms with Gasteiger partial charge in [-0.25, -0.2) is 0 Å². The summed E-state index contributed by atoms with van der Waals surface area (Å²) in [6.07, 6.45) is 0. The molecule has 0 aliphatic carbocycles. The predicted molar refractivity (Wildman–Crippen MR) is 108 cm³/mol. The summed E-state index contributed by atoms with van der Waals surface area (Å²) in [5.74, 6) is 0.590. The van der Waals surface area contributed by atoms with Gasteiger partial charge in [-0.05, 0) is 36.4 Å². The maximum absolute atomic E-state index is 12.9. The molecule has 8 heteroatoms. The molecule has 0 bridgehead atoms. The average Bonchev–Trinajstić information content (AvgIpc) is 2.72. The highest BCUT2D eigenvalue weighted by Gasteiger charge is 2.28. The number of hydrogen-bond acceptors (Lipinski definition) is 4. The molecule has 1 aliphatic rings. The molecule has 2 aromatic rings. The molecule has 0 unspecified atom stereocenters. The highest BCUT2D eigenvalue weighted by atomic mass is 35.5. The Bertz CT molecular complexity index is 822. The number of nitrogens with zero attached hydrogens (tertiary/aromatic N) is 2. The van der Waals surface area contributed by atoms with Crippen LogP contribution in [0.25, 0.3) is 0 Å². The van der Waals surface area contributed by atoms with Gasteiger partial charge in [0.05, 0.1) is 25.3 Å². The van der Waals surface area contributed by atoms with E-state index in [4.69, 9.17) is 32.7 Å². The molecule has 0 radical (unpaired) electrons. The van der Waals surface area contributed by atoms with Crippen molar-refractivity contribution >= 4 is 35.0 Å². The maximum atomic E-state index is 12.9. The van der Waals surface area contributed by atoms with Crippen LogP contribution >= 0.6 is 23.2 Å². The van der Waals surface area contributed by atoms with Gasteiger partial charge in [-0.15, -0.1) is 0 Å². The van der Waals surface area contributed by atoms with Crippen LogP contribution in [0.1, 0.15) is 20.7 Å².